The van der Waals surface area contributed by atoms with Crippen molar-refractivity contribution in [2.45, 2.75) is 31.6 Å². The van der Waals surface area contributed by atoms with Crippen LogP contribution in [0.25, 0.3) is 0 Å². The van der Waals surface area contributed by atoms with E-state index in [0.717, 1.165) is 51.3 Å². The Kier molecular flexibility index (Phi) is 4.70. The van der Waals surface area contributed by atoms with Gasteiger partial charge in [-0.2, -0.15) is 0 Å². The Hall–Kier alpha value is -1.62. The first-order chi connectivity index (χ1) is 10.3. The second-order valence-corrected chi connectivity index (χ2v) is 5.90. The summed E-state index contributed by atoms with van der Waals surface area (Å²) >= 11 is 0. The first-order valence-corrected chi connectivity index (χ1v) is 8.01. The Labute approximate surface area is 126 Å². The molecule has 2 aliphatic rings. The highest BCUT2D eigenvalue weighted by Gasteiger charge is 2.19. The highest BCUT2D eigenvalue weighted by atomic mass is 16.2. The Morgan fingerprint density at radius 3 is 3.00 bits per heavy atom. The second-order valence-electron chi connectivity index (χ2n) is 5.90. The van der Waals surface area contributed by atoms with Crippen LogP contribution in [0.15, 0.2) is 18.3 Å². The van der Waals surface area contributed by atoms with E-state index in [0.29, 0.717) is 11.8 Å². The quantitative estimate of drug-likeness (QED) is 0.864. The average Bonchev–Trinajstić information content (AvgIpc) is 2.94. The number of hydrogen-bond donors (Lipinski definition) is 2. The van der Waals surface area contributed by atoms with Crippen LogP contribution in [0.3, 0.4) is 0 Å². The number of hydrogen-bond acceptors (Lipinski definition) is 4. The van der Waals surface area contributed by atoms with Gasteiger partial charge in [-0.05, 0) is 44.5 Å². The number of anilines is 1. The van der Waals surface area contributed by atoms with Crippen molar-refractivity contribution >= 4 is 11.6 Å². The van der Waals surface area contributed by atoms with Crippen LogP contribution in [-0.2, 0) is 4.79 Å². The lowest BCUT2D eigenvalue weighted by Crippen LogP contribution is -2.30. The zero-order valence-electron chi connectivity index (χ0n) is 12.5. The van der Waals surface area contributed by atoms with Gasteiger partial charge < -0.3 is 15.5 Å². The average molecular weight is 288 g/mol. The molecule has 1 aromatic rings. The summed E-state index contributed by atoms with van der Waals surface area (Å²) in [5.74, 6) is 0.870. The molecule has 0 aliphatic carbocycles. The first kappa shape index (κ1) is 14.3. The van der Waals surface area contributed by atoms with Gasteiger partial charge in [0.05, 0.1) is 0 Å². The van der Waals surface area contributed by atoms with E-state index >= 15 is 0 Å². The van der Waals surface area contributed by atoms with Crippen LogP contribution in [0.4, 0.5) is 5.69 Å². The molecule has 1 amide bonds. The van der Waals surface area contributed by atoms with Gasteiger partial charge in [-0.3, -0.25) is 9.78 Å². The fourth-order valence-electron chi connectivity index (χ4n) is 3.17. The number of piperidine rings is 1. The number of carbonyl (C=O) groups is 1. The summed E-state index contributed by atoms with van der Waals surface area (Å²) in [4.78, 5) is 18.0. The molecule has 0 spiro atoms. The van der Waals surface area contributed by atoms with Gasteiger partial charge in [0.25, 0.3) is 0 Å². The van der Waals surface area contributed by atoms with E-state index in [2.05, 4.69) is 21.7 Å². The van der Waals surface area contributed by atoms with Crippen molar-refractivity contribution in [2.75, 3.05) is 38.0 Å². The molecule has 3 heterocycles. The standard InChI is InChI=1S/C16H24N4O/c21-16-2-1-10-20(16)11-9-18-14-5-8-19-15(12-14)13-3-6-17-7-4-13/h5,8,12-13,17H,1-4,6-7,9-11H2,(H,18,19). The number of nitrogens with zero attached hydrogens (tertiary/aromatic N) is 2. The number of pyridine rings is 1. The Morgan fingerprint density at radius 2 is 2.24 bits per heavy atom. The van der Waals surface area contributed by atoms with Gasteiger partial charge in [-0.1, -0.05) is 0 Å². The number of carbonyl (C=O) groups excluding carboxylic acids is 1. The molecule has 3 rings (SSSR count). The van der Waals surface area contributed by atoms with E-state index in [4.69, 9.17) is 0 Å². The lowest BCUT2D eigenvalue weighted by atomic mass is 9.94. The molecule has 5 nitrogen and oxygen atoms in total. The molecule has 2 N–H and O–H groups in total. The molecule has 0 atom stereocenters. The molecular weight excluding hydrogens is 264 g/mol. The van der Waals surface area contributed by atoms with Crippen LogP contribution in [0.5, 0.6) is 0 Å². The van der Waals surface area contributed by atoms with E-state index in [1.54, 1.807) is 0 Å². The van der Waals surface area contributed by atoms with Gasteiger partial charge in [0, 0.05) is 49.6 Å². The molecule has 21 heavy (non-hydrogen) atoms. The van der Waals surface area contributed by atoms with Crippen LogP contribution < -0.4 is 10.6 Å². The molecule has 0 aromatic carbocycles. The zero-order chi connectivity index (χ0) is 14.5. The fourth-order valence-corrected chi connectivity index (χ4v) is 3.17. The smallest absolute Gasteiger partial charge is 0.222 e. The highest BCUT2D eigenvalue weighted by molar-refractivity contribution is 5.78. The summed E-state index contributed by atoms with van der Waals surface area (Å²) in [5, 5.41) is 6.81. The lowest BCUT2D eigenvalue weighted by Gasteiger charge is -2.22. The minimum atomic E-state index is 0.293. The van der Waals surface area contributed by atoms with E-state index in [9.17, 15) is 4.79 Å². The minimum absolute atomic E-state index is 0.293. The van der Waals surface area contributed by atoms with Gasteiger partial charge in [0.15, 0.2) is 0 Å². The van der Waals surface area contributed by atoms with Crippen LogP contribution >= 0.6 is 0 Å². The van der Waals surface area contributed by atoms with Crippen molar-refractivity contribution in [3.63, 3.8) is 0 Å². The molecule has 2 aliphatic heterocycles. The number of rotatable bonds is 5. The third kappa shape index (κ3) is 3.73. The largest absolute Gasteiger partial charge is 0.383 e. The Morgan fingerprint density at radius 1 is 1.38 bits per heavy atom. The van der Waals surface area contributed by atoms with Gasteiger partial charge >= 0.3 is 0 Å². The van der Waals surface area contributed by atoms with Crippen molar-refractivity contribution < 1.29 is 4.79 Å². The van der Waals surface area contributed by atoms with Crippen molar-refractivity contribution in [1.82, 2.24) is 15.2 Å². The van der Waals surface area contributed by atoms with Crippen LogP contribution in [0, 0.1) is 0 Å². The van der Waals surface area contributed by atoms with Crippen molar-refractivity contribution in [3.8, 4) is 0 Å². The van der Waals surface area contributed by atoms with Gasteiger partial charge in [0.2, 0.25) is 5.91 Å². The van der Waals surface area contributed by atoms with Gasteiger partial charge in [-0.15, -0.1) is 0 Å². The first-order valence-electron chi connectivity index (χ1n) is 8.01. The molecular formula is C16H24N4O. The maximum atomic E-state index is 11.6. The van der Waals surface area contributed by atoms with Crippen molar-refractivity contribution in [2.24, 2.45) is 0 Å². The van der Waals surface area contributed by atoms with Crippen LogP contribution in [0.1, 0.15) is 37.3 Å². The van der Waals surface area contributed by atoms with E-state index in [1.165, 1.54) is 18.5 Å². The number of likely N-dealkylation sites (tertiary alicyclic amines) is 1. The predicted molar refractivity (Wildman–Crippen MR) is 83.4 cm³/mol. The summed E-state index contributed by atoms with van der Waals surface area (Å²) in [7, 11) is 0. The maximum absolute atomic E-state index is 11.6. The SMILES string of the molecule is O=C1CCCN1CCNc1ccnc(C2CCNCC2)c1. The molecule has 0 radical (unpaired) electrons. The molecule has 1 aromatic heterocycles. The van der Waals surface area contributed by atoms with Gasteiger partial charge in [0.1, 0.15) is 0 Å². The summed E-state index contributed by atoms with van der Waals surface area (Å²) in [6.07, 6.45) is 5.95. The monoisotopic (exact) mass is 288 g/mol. The second kappa shape index (κ2) is 6.89. The number of amides is 1. The van der Waals surface area contributed by atoms with Crippen molar-refractivity contribution in [1.29, 1.82) is 0 Å². The Bertz CT molecular complexity index is 485. The summed E-state index contributed by atoms with van der Waals surface area (Å²) < 4.78 is 0. The molecule has 5 heteroatoms. The molecule has 0 bridgehead atoms. The fraction of sp³-hybridized carbons (Fsp3) is 0.625. The molecule has 0 saturated carbocycles. The summed E-state index contributed by atoms with van der Waals surface area (Å²) in [5.41, 5.74) is 2.31. The third-order valence-electron chi connectivity index (χ3n) is 4.42. The minimum Gasteiger partial charge on any atom is -0.383 e. The van der Waals surface area contributed by atoms with Crippen LogP contribution in [0.2, 0.25) is 0 Å². The molecule has 0 unspecified atom stereocenters. The van der Waals surface area contributed by atoms with E-state index < -0.39 is 0 Å². The topological polar surface area (TPSA) is 57.3 Å². The van der Waals surface area contributed by atoms with Crippen molar-refractivity contribution in [3.05, 3.63) is 24.0 Å². The third-order valence-corrected chi connectivity index (χ3v) is 4.42. The Balaban J connectivity index is 1.52. The maximum Gasteiger partial charge on any atom is 0.222 e. The number of aromatic nitrogens is 1. The summed E-state index contributed by atoms with van der Waals surface area (Å²) in [6, 6.07) is 4.18. The highest BCUT2D eigenvalue weighted by Crippen LogP contribution is 2.25. The predicted octanol–water partition coefficient (Wildman–Crippen LogP) is 1.58. The normalized spacial score (nSPS) is 20.0. The van der Waals surface area contributed by atoms with E-state index in [1.807, 2.05) is 17.2 Å². The molecule has 2 saturated heterocycles. The molecule has 114 valence electrons. The van der Waals surface area contributed by atoms with E-state index in [-0.39, 0.29) is 0 Å². The number of nitrogens with one attached hydrogen (secondary N) is 2. The zero-order valence-corrected chi connectivity index (χ0v) is 12.5. The van der Waals surface area contributed by atoms with Crippen LogP contribution in [-0.4, -0.2) is 48.5 Å². The molecule has 2 fully saturated rings. The van der Waals surface area contributed by atoms with Gasteiger partial charge in [-0.25, -0.2) is 0 Å². The lowest BCUT2D eigenvalue weighted by molar-refractivity contribution is -0.127. The summed E-state index contributed by atoms with van der Waals surface area (Å²) in [6.45, 7) is 4.69.